The van der Waals surface area contributed by atoms with Gasteiger partial charge in [-0.1, -0.05) is 22.0 Å². The van der Waals surface area contributed by atoms with E-state index < -0.39 is 17.8 Å². The van der Waals surface area contributed by atoms with Gasteiger partial charge in [0.05, 0.1) is 6.61 Å². The Morgan fingerprint density at radius 2 is 1.66 bits per heavy atom. The van der Waals surface area contributed by atoms with Crippen molar-refractivity contribution in [3.05, 3.63) is 62.6 Å². The number of rotatable bonds is 6. The van der Waals surface area contributed by atoms with Gasteiger partial charge < -0.3 is 14.4 Å². The molecule has 32 heavy (non-hydrogen) atoms. The second-order valence-electron chi connectivity index (χ2n) is 9.01. The first-order valence-electron chi connectivity index (χ1n) is 10.6. The molecule has 0 aliphatic carbocycles. The lowest BCUT2D eigenvalue weighted by Gasteiger charge is -2.25. The Balaban J connectivity index is 1.94. The van der Waals surface area contributed by atoms with Crippen LogP contribution in [-0.4, -0.2) is 36.3 Å². The van der Waals surface area contributed by atoms with Crippen LogP contribution in [0.3, 0.4) is 0 Å². The standard InChI is InChI=1S/C25H33BrN2O4/c1-16-8-9-21(14-19(16)15-28(7)24(30)32-25(4,5)6)27-23(29)31-11-10-22-17(2)12-20(26)13-18(22)3/h8-9,12-14H,10-11,15H2,1-7H3,(H,27,29). The van der Waals surface area contributed by atoms with Crippen molar-refractivity contribution in [3.8, 4) is 0 Å². The Kier molecular flexibility index (Phi) is 8.73. The second-order valence-corrected chi connectivity index (χ2v) is 9.92. The Morgan fingerprint density at radius 1 is 1.03 bits per heavy atom. The van der Waals surface area contributed by atoms with Gasteiger partial charge in [0.15, 0.2) is 0 Å². The minimum atomic E-state index is -0.555. The van der Waals surface area contributed by atoms with Gasteiger partial charge in [-0.2, -0.15) is 0 Å². The molecule has 0 saturated carbocycles. The van der Waals surface area contributed by atoms with E-state index in [1.54, 1.807) is 7.05 Å². The first-order valence-corrected chi connectivity index (χ1v) is 11.4. The summed E-state index contributed by atoms with van der Waals surface area (Å²) in [7, 11) is 1.69. The summed E-state index contributed by atoms with van der Waals surface area (Å²) in [4.78, 5) is 26.0. The lowest BCUT2D eigenvalue weighted by molar-refractivity contribution is 0.0285. The van der Waals surface area contributed by atoms with E-state index in [1.807, 2.05) is 45.9 Å². The molecular weight excluding hydrogens is 472 g/mol. The maximum absolute atomic E-state index is 12.3. The smallest absolute Gasteiger partial charge is 0.411 e. The predicted molar refractivity (Wildman–Crippen MR) is 131 cm³/mol. The normalized spacial score (nSPS) is 11.1. The van der Waals surface area contributed by atoms with Crippen molar-refractivity contribution >= 4 is 33.8 Å². The number of aryl methyl sites for hydroxylation is 3. The molecule has 0 atom stereocenters. The lowest BCUT2D eigenvalue weighted by Crippen LogP contribution is -2.34. The van der Waals surface area contributed by atoms with Gasteiger partial charge in [-0.25, -0.2) is 9.59 Å². The molecular formula is C25H33BrN2O4. The van der Waals surface area contributed by atoms with Crippen LogP contribution in [0.15, 0.2) is 34.8 Å². The average molecular weight is 505 g/mol. The zero-order chi connectivity index (χ0) is 24.1. The summed E-state index contributed by atoms with van der Waals surface area (Å²) in [6.45, 7) is 12.2. The quantitative estimate of drug-likeness (QED) is 0.485. The van der Waals surface area contributed by atoms with E-state index >= 15 is 0 Å². The Labute approximate surface area is 199 Å². The Bertz CT molecular complexity index is 959. The predicted octanol–water partition coefficient (Wildman–Crippen LogP) is 6.53. The maximum atomic E-state index is 12.3. The summed E-state index contributed by atoms with van der Waals surface area (Å²) in [6.07, 6.45) is -0.251. The van der Waals surface area contributed by atoms with E-state index in [4.69, 9.17) is 9.47 Å². The van der Waals surface area contributed by atoms with Gasteiger partial charge in [0.2, 0.25) is 0 Å². The number of benzene rings is 2. The summed E-state index contributed by atoms with van der Waals surface area (Å²) in [5, 5.41) is 2.77. The summed E-state index contributed by atoms with van der Waals surface area (Å²) >= 11 is 3.50. The van der Waals surface area contributed by atoms with E-state index in [9.17, 15) is 9.59 Å². The largest absolute Gasteiger partial charge is 0.449 e. The average Bonchev–Trinajstić information content (AvgIpc) is 2.65. The molecule has 0 aromatic heterocycles. The number of halogens is 1. The number of carbonyl (C=O) groups excluding carboxylic acids is 2. The Morgan fingerprint density at radius 3 is 2.25 bits per heavy atom. The molecule has 0 fully saturated rings. The van der Waals surface area contributed by atoms with E-state index in [0.717, 1.165) is 26.7 Å². The van der Waals surface area contributed by atoms with Crippen molar-refractivity contribution in [2.24, 2.45) is 0 Å². The van der Waals surface area contributed by atoms with Crippen molar-refractivity contribution in [2.75, 3.05) is 19.0 Å². The second kappa shape index (κ2) is 10.9. The first-order chi connectivity index (χ1) is 14.9. The fraction of sp³-hybridized carbons (Fsp3) is 0.440. The number of ether oxygens (including phenoxy) is 2. The van der Waals surface area contributed by atoms with E-state index in [1.165, 1.54) is 10.5 Å². The highest BCUT2D eigenvalue weighted by atomic mass is 79.9. The van der Waals surface area contributed by atoms with Gasteiger partial charge in [0.1, 0.15) is 5.60 Å². The summed E-state index contributed by atoms with van der Waals surface area (Å²) < 4.78 is 11.8. The van der Waals surface area contributed by atoms with Crippen LogP contribution in [-0.2, 0) is 22.4 Å². The number of anilines is 1. The van der Waals surface area contributed by atoms with E-state index in [2.05, 4.69) is 47.2 Å². The molecule has 0 aliphatic rings. The van der Waals surface area contributed by atoms with Gasteiger partial charge in [0, 0.05) is 30.2 Å². The molecule has 1 N–H and O–H groups in total. The van der Waals surface area contributed by atoms with Gasteiger partial charge in [-0.05, 0) is 93.6 Å². The number of carbonyl (C=O) groups is 2. The van der Waals surface area contributed by atoms with Gasteiger partial charge in [0.25, 0.3) is 0 Å². The number of hydrogen-bond donors (Lipinski definition) is 1. The zero-order valence-electron chi connectivity index (χ0n) is 20.0. The Hall–Kier alpha value is -2.54. The fourth-order valence-electron chi connectivity index (χ4n) is 3.31. The molecule has 2 aromatic carbocycles. The monoisotopic (exact) mass is 504 g/mol. The van der Waals surface area contributed by atoms with Crippen LogP contribution in [0.2, 0.25) is 0 Å². The third-order valence-electron chi connectivity index (χ3n) is 4.95. The first kappa shape index (κ1) is 25.7. The number of hydrogen-bond acceptors (Lipinski definition) is 4. The number of amides is 2. The van der Waals surface area contributed by atoms with Crippen LogP contribution in [0.5, 0.6) is 0 Å². The highest BCUT2D eigenvalue weighted by Gasteiger charge is 2.20. The minimum absolute atomic E-state index is 0.287. The SMILES string of the molecule is Cc1ccc(NC(=O)OCCc2c(C)cc(Br)cc2C)cc1CN(C)C(=O)OC(C)(C)C. The molecule has 0 unspecified atom stereocenters. The lowest BCUT2D eigenvalue weighted by atomic mass is 10.0. The summed E-state index contributed by atoms with van der Waals surface area (Å²) in [6, 6.07) is 9.69. The van der Waals surface area contributed by atoms with E-state index in [-0.39, 0.29) is 6.61 Å². The summed E-state index contributed by atoms with van der Waals surface area (Å²) in [5.41, 5.74) is 5.50. The third-order valence-corrected chi connectivity index (χ3v) is 5.41. The zero-order valence-corrected chi connectivity index (χ0v) is 21.6. The van der Waals surface area contributed by atoms with Crippen LogP contribution in [0.25, 0.3) is 0 Å². The molecule has 2 aromatic rings. The molecule has 0 bridgehead atoms. The molecule has 6 nitrogen and oxygen atoms in total. The van der Waals surface area contributed by atoms with Crippen LogP contribution in [0, 0.1) is 20.8 Å². The molecule has 0 heterocycles. The minimum Gasteiger partial charge on any atom is -0.449 e. The molecule has 0 aliphatic heterocycles. The van der Waals surface area contributed by atoms with Gasteiger partial charge >= 0.3 is 12.2 Å². The molecule has 0 radical (unpaired) electrons. The molecule has 7 heteroatoms. The van der Waals surface area contributed by atoms with Crippen molar-refractivity contribution in [2.45, 2.75) is 60.1 Å². The van der Waals surface area contributed by atoms with Crippen LogP contribution in [0.4, 0.5) is 15.3 Å². The topological polar surface area (TPSA) is 67.9 Å². The third kappa shape index (κ3) is 7.86. The fourth-order valence-corrected chi connectivity index (χ4v) is 4.00. The number of nitrogens with one attached hydrogen (secondary N) is 1. The molecule has 0 spiro atoms. The van der Waals surface area contributed by atoms with Crippen molar-refractivity contribution in [3.63, 3.8) is 0 Å². The summed E-state index contributed by atoms with van der Waals surface area (Å²) in [5.74, 6) is 0. The van der Waals surface area contributed by atoms with Crippen molar-refractivity contribution in [1.82, 2.24) is 4.90 Å². The molecule has 0 saturated heterocycles. The highest BCUT2D eigenvalue weighted by Crippen LogP contribution is 2.22. The van der Waals surface area contributed by atoms with Crippen molar-refractivity contribution in [1.29, 1.82) is 0 Å². The van der Waals surface area contributed by atoms with Crippen molar-refractivity contribution < 1.29 is 19.1 Å². The van der Waals surface area contributed by atoms with Gasteiger partial charge in [-0.3, -0.25) is 5.32 Å². The molecule has 2 amide bonds. The molecule has 174 valence electrons. The van der Waals surface area contributed by atoms with Crippen LogP contribution < -0.4 is 5.32 Å². The highest BCUT2D eigenvalue weighted by molar-refractivity contribution is 9.10. The van der Waals surface area contributed by atoms with E-state index in [0.29, 0.717) is 18.7 Å². The van der Waals surface area contributed by atoms with Gasteiger partial charge in [-0.15, -0.1) is 0 Å². The van der Waals surface area contributed by atoms with Crippen LogP contribution >= 0.6 is 15.9 Å². The van der Waals surface area contributed by atoms with Crippen LogP contribution in [0.1, 0.15) is 48.6 Å². The maximum Gasteiger partial charge on any atom is 0.411 e. The molecule has 2 rings (SSSR count). The number of nitrogens with zero attached hydrogens (tertiary/aromatic N) is 1.